The quantitative estimate of drug-likeness (QED) is 0.755. The lowest BCUT2D eigenvalue weighted by molar-refractivity contribution is 0.123. The number of hydrogen-bond donors (Lipinski definition) is 1. The highest BCUT2D eigenvalue weighted by atomic mass is 15.2. The summed E-state index contributed by atoms with van der Waals surface area (Å²) < 4.78 is 0. The zero-order valence-electron chi connectivity index (χ0n) is 11.0. The lowest BCUT2D eigenvalue weighted by Gasteiger charge is -2.37. The van der Waals surface area contributed by atoms with Crippen LogP contribution in [0.3, 0.4) is 0 Å². The Morgan fingerprint density at radius 3 is 2.60 bits per heavy atom. The van der Waals surface area contributed by atoms with Gasteiger partial charge in [0, 0.05) is 24.7 Å². The van der Waals surface area contributed by atoms with Gasteiger partial charge in [-0.15, -0.1) is 0 Å². The Morgan fingerprint density at radius 1 is 1.40 bits per heavy atom. The minimum Gasteiger partial charge on any atom is -0.311 e. The van der Waals surface area contributed by atoms with E-state index in [1.54, 1.807) is 0 Å². The first-order chi connectivity index (χ1) is 6.95. The third-order valence-electron chi connectivity index (χ3n) is 3.43. The Hall–Kier alpha value is -0.120. The first-order valence-corrected chi connectivity index (χ1v) is 6.09. The summed E-state index contributed by atoms with van der Waals surface area (Å²) in [5.74, 6) is 0. The van der Waals surface area contributed by atoms with Gasteiger partial charge < -0.3 is 10.2 Å². The van der Waals surface area contributed by atoms with E-state index in [0.717, 1.165) is 19.6 Å². The molecule has 1 N–H and O–H groups in total. The Kier molecular flexibility index (Phi) is 4.56. The SMILES string of the molecule is CCN1CC(CN(C)C)NCCC1(C)C. The van der Waals surface area contributed by atoms with Crippen LogP contribution in [0, 0.1) is 0 Å². The fourth-order valence-corrected chi connectivity index (χ4v) is 2.44. The lowest BCUT2D eigenvalue weighted by Crippen LogP contribution is -2.48. The molecule has 15 heavy (non-hydrogen) atoms. The summed E-state index contributed by atoms with van der Waals surface area (Å²) >= 11 is 0. The molecule has 3 nitrogen and oxygen atoms in total. The molecular weight excluding hydrogens is 186 g/mol. The molecule has 0 spiro atoms. The van der Waals surface area contributed by atoms with Crippen LogP contribution >= 0.6 is 0 Å². The minimum atomic E-state index is 0.350. The maximum absolute atomic E-state index is 3.65. The normalized spacial score (nSPS) is 28.0. The summed E-state index contributed by atoms with van der Waals surface area (Å²) in [6, 6.07) is 0.613. The van der Waals surface area contributed by atoms with E-state index in [4.69, 9.17) is 0 Å². The monoisotopic (exact) mass is 213 g/mol. The van der Waals surface area contributed by atoms with Crippen molar-refractivity contribution in [2.75, 3.05) is 40.3 Å². The van der Waals surface area contributed by atoms with Gasteiger partial charge in [-0.2, -0.15) is 0 Å². The highest BCUT2D eigenvalue weighted by Gasteiger charge is 2.30. The van der Waals surface area contributed by atoms with Crippen molar-refractivity contribution >= 4 is 0 Å². The molecule has 1 aliphatic heterocycles. The molecule has 1 rings (SSSR count). The van der Waals surface area contributed by atoms with Crippen LogP contribution in [0.5, 0.6) is 0 Å². The average molecular weight is 213 g/mol. The molecule has 0 aromatic carbocycles. The zero-order valence-corrected chi connectivity index (χ0v) is 11.0. The van der Waals surface area contributed by atoms with Gasteiger partial charge in [0.2, 0.25) is 0 Å². The van der Waals surface area contributed by atoms with Crippen LogP contribution in [0.4, 0.5) is 0 Å². The molecule has 0 amide bonds. The van der Waals surface area contributed by atoms with Crippen LogP contribution < -0.4 is 5.32 Å². The standard InChI is InChI=1S/C12H27N3/c1-6-15-10-11(9-14(4)5)13-8-7-12(15,2)3/h11,13H,6-10H2,1-5H3. The van der Waals surface area contributed by atoms with Gasteiger partial charge in [-0.05, 0) is 47.5 Å². The van der Waals surface area contributed by atoms with Gasteiger partial charge in [-0.1, -0.05) is 6.92 Å². The van der Waals surface area contributed by atoms with E-state index in [1.807, 2.05) is 0 Å². The third kappa shape index (κ3) is 3.74. The van der Waals surface area contributed by atoms with Crippen LogP contribution in [0.15, 0.2) is 0 Å². The largest absolute Gasteiger partial charge is 0.311 e. The fourth-order valence-electron chi connectivity index (χ4n) is 2.44. The Bertz CT molecular complexity index is 189. The molecule has 0 aromatic heterocycles. The van der Waals surface area contributed by atoms with Crippen LogP contribution in [-0.2, 0) is 0 Å². The van der Waals surface area contributed by atoms with Gasteiger partial charge in [-0.25, -0.2) is 0 Å². The van der Waals surface area contributed by atoms with Crippen molar-refractivity contribution in [2.45, 2.75) is 38.8 Å². The molecule has 0 saturated carbocycles. The molecule has 1 atom stereocenters. The second kappa shape index (κ2) is 5.28. The molecule has 3 heteroatoms. The summed E-state index contributed by atoms with van der Waals surface area (Å²) in [6.45, 7) is 11.6. The molecule has 1 fully saturated rings. The van der Waals surface area contributed by atoms with Crippen molar-refractivity contribution in [1.29, 1.82) is 0 Å². The molecular formula is C12H27N3. The third-order valence-corrected chi connectivity index (χ3v) is 3.43. The number of nitrogens with zero attached hydrogens (tertiary/aromatic N) is 2. The van der Waals surface area contributed by atoms with Gasteiger partial charge >= 0.3 is 0 Å². The molecule has 0 aromatic rings. The number of nitrogens with one attached hydrogen (secondary N) is 1. The molecule has 0 aliphatic carbocycles. The predicted molar refractivity (Wildman–Crippen MR) is 66.3 cm³/mol. The molecule has 1 saturated heterocycles. The highest BCUT2D eigenvalue weighted by Crippen LogP contribution is 2.20. The van der Waals surface area contributed by atoms with E-state index in [2.05, 4.69) is 50.0 Å². The van der Waals surface area contributed by atoms with Crippen molar-refractivity contribution < 1.29 is 0 Å². The van der Waals surface area contributed by atoms with Crippen LogP contribution in [-0.4, -0.2) is 61.7 Å². The summed E-state index contributed by atoms with van der Waals surface area (Å²) in [7, 11) is 4.29. The van der Waals surface area contributed by atoms with Gasteiger partial charge in [0.1, 0.15) is 0 Å². The average Bonchev–Trinajstić information content (AvgIpc) is 2.24. The maximum Gasteiger partial charge on any atom is 0.0322 e. The van der Waals surface area contributed by atoms with Crippen LogP contribution in [0.1, 0.15) is 27.2 Å². The van der Waals surface area contributed by atoms with E-state index >= 15 is 0 Å². The van der Waals surface area contributed by atoms with Gasteiger partial charge in [0.05, 0.1) is 0 Å². The molecule has 0 bridgehead atoms. The summed E-state index contributed by atoms with van der Waals surface area (Å²) in [5, 5.41) is 3.65. The van der Waals surface area contributed by atoms with Crippen molar-refractivity contribution in [2.24, 2.45) is 0 Å². The second-order valence-corrected chi connectivity index (χ2v) is 5.51. The van der Waals surface area contributed by atoms with Crippen molar-refractivity contribution in [3.63, 3.8) is 0 Å². The van der Waals surface area contributed by atoms with Gasteiger partial charge in [-0.3, -0.25) is 4.90 Å². The number of rotatable bonds is 3. The first-order valence-electron chi connectivity index (χ1n) is 6.09. The Balaban J connectivity index is 2.59. The van der Waals surface area contributed by atoms with E-state index < -0.39 is 0 Å². The smallest absolute Gasteiger partial charge is 0.0322 e. The zero-order chi connectivity index (χ0) is 11.5. The van der Waals surface area contributed by atoms with Crippen molar-refractivity contribution in [3.05, 3.63) is 0 Å². The highest BCUT2D eigenvalue weighted by molar-refractivity contribution is 4.89. The Morgan fingerprint density at radius 2 is 2.07 bits per heavy atom. The number of hydrogen-bond acceptors (Lipinski definition) is 3. The lowest BCUT2D eigenvalue weighted by atomic mass is 9.99. The van der Waals surface area contributed by atoms with Gasteiger partial charge in [0.15, 0.2) is 0 Å². The van der Waals surface area contributed by atoms with Crippen LogP contribution in [0.2, 0.25) is 0 Å². The predicted octanol–water partition coefficient (Wildman–Crippen LogP) is 1.01. The summed E-state index contributed by atoms with van der Waals surface area (Å²) in [4.78, 5) is 4.87. The van der Waals surface area contributed by atoms with E-state index in [9.17, 15) is 0 Å². The molecule has 1 heterocycles. The van der Waals surface area contributed by atoms with Gasteiger partial charge in [0.25, 0.3) is 0 Å². The van der Waals surface area contributed by atoms with E-state index in [-0.39, 0.29) is 0 Å². The van der Waals surface area contributed by atoms with Crippen LogP contribution in [0.25, 0.3) is 0 Å². The maximum atomic E-state index is 3.65. The summed E-state index contributed by atoms with van der Waals surface area (Å²) in [5.41, 5.74) is 0.350. The molecule has 1 unspecified atom stereocenters. The summed E-state index contributed by atoms with van der Waals surface area (Å²) in [6.07, 6.45) is 1.24. The first kappa shape index (κ1) is 12.9. The van der Waals surface area contributed by atoms with E-state index in [0.29, 0.717) is 11.6 Å². The molecule has 0 radical (unpaired) electrons. The number of likely N-dealkylation sites (N-methyl/N-ethyl adjacent to an activating group) is 2. The second-order valence-electron chi connectivity index (χ2n) is 5.51. The van der Waals surface area contributed by atoms with E-state index in [1.165, 1.54) is 13.0 Å². The van der Waals surface area contributed by atoms with Crippen molar-refractivity contribution in [1.82, 2.24) is 15.1 Å². The topological polar surface area (TPSA) is 18.5 Å². The fraction of sp³-hybridized carbons (Fsp3) is 1.00. The van der Waals surface area contributed by atoms with Crippen molar-refractivity contribution in [3.8, 4) is 0 Å². The Labute approximate surface area is 94.8 Å². The minimum absolute atomic E-state index is 0.350. The molecule has 90 valence electrons. The molecule has 1 aliphatic rings.